The molecule has 1 saturated carbocycles. The molecule has 2 unspecified atom stereocenters. The van der Waals surface area contributed by atoms with E-state index in [1.807, 2.05) is 19.1 Å². The highest BCUT2D eigenvalue weighted by Gasteiger charge is 2.42. The second kappa shape index (κ2) is 5.95. The maximum atomic E-state index is 11.9. The summed E-state index contributed by atoms with van der Waals surface area (Å²) in [6, 6.07) is 6.98. The first-order valence-corrected chi connectivity index (χ1v) is 8.63. The van der Waals surface area contributed by atoms with Crippen LogP contribution in [0.5, 0.6) is 0 Å². The molecule has 0 heterocycles. The van der Waals surface area contributed by atoms with Gasteiger partial charge in [-0.25, -0.2) is 8.42 Å². The van der Waals surface area contributed by atoms with Gasteiger partial charge in [-0.05, 0) is 49.3 Å². The number of benzene rings is 1. The van der Waals surface area contributed by atoms with Crippen LogP contribution in [0.4, 0.5) is 0 Å². The van der Waals surface area contributed by atoms with Gasteiger partial charge in [0.25, 0.3) is 0 Å². The minimum Gasteiger partial charge on any atom is -0.481 e. The molecule has 1 aliphatic carbocycles. The molecule has 0 amide bonds. The lowest BCUT2D eigenvalue weighted by Crippen LogP contribution is -2.05. The molecule has 2 rings (SSSR count). The number of aliphatic carboxylic acids is 1. The molecule has 20 heavy (non-hydrogen) atoms. The summed E-state index contributed by atoms with van der Waals surface area (Å²) in [5, 5.41) is 8.83. The molecular weight excluding hydrogens is 276 g/mol. The smallest absolute Gasteiger partial charge is 0.306 e. The minimum atomic E-state index is -3.14. The third-order valence-corrected chi connectivity index (χ3v) is 5.74. The summed E-state index contributed by atoms with van der Waals surface area (Å²) in [6.45, 7) is 1.85. The maximum absolute atomic E-state index is 11.9. The molecule has 4 nitrogen and oxygen atoms in total. The highest BCUT2D eigenvalue weighted by atomic mass is 32.2. The van der Waals surface area contributed by atoms with Crippen LogP contribution in [0.15, 0.2) is 29.2 Å². The summed E-state index contributed by atoms with van der Waals surface area (Å²) in [5.74, 6) is -0.402. The quantitative estimate of drug-likeness (QED) is 0.839. The van der Waals surface area contributed by atoms with Gasteiger partial charge in [-0.1, -0.05) is 19.1 Å². The lowest BCUT2D eigenvalue weighted by atomic mass is 10.1. The van der Waals surface area contributed by atoms with Crippen molar-refractivity contribution in [3.8, 4) is 0 Å². The van der Waals surface area contributed by atoms with Crippen LogP contribution >= 0.6 is 0 Å². The number of carboxylic acid groups (broad SMARTS) is 1. The van der Waals surface area contributed by atoms with E-state index >= 15 is 0 Å². The average Bonchev–Trinajstić information content (AvgIpc) is 3.16. The van der Waals surface area contributed by atoms with Gasteiger partial charge in [0.2, 0.25) is 0 Å². The predicted octanol–water partition coefficient (Wildman–Crippen LogP) is 2.52. The van der Waals surface area contributed by atoms with E-state index in [0.29, 0.717) is 11.3 Å². The van der Waals surface area contributed by atoms with Gasteiger partial charge in [-0.15, -0.1) is 0 Å². The first-order valence-electron chi connectivity index (χ1n) is 6.98. The predicted molar refractivity (Wildman–Crippen MR) is 76.3 cm³/mol. The summed E-state index contributed by atoms with van der Waals surface area (Å²) in [4.78, 5) is 11.1. The Balaban J connectivity index is 1.91. The minimum absolute atomic E-state index is 0.167. The Morgan fingerprint density at radius 1 is 1.30 bits per heavy atom. The summed E-state index contributed by atoms with van der Waals surface area (Å²) >= 11 is 0. The van der Waals surface area contributed by atoms with Crippen LogP contribution in [0.3, 0.4) is 0 Å². The Labute approximate surface area is 119 Å². The zero-order chi connectivity index (χ0) is 14.8. The van der Waals surface area contributed by atoms with Crippen LogP contribution in [-0.4, -0.2) is 25.2 Å². The van der Waals surface area contributed by atoms with Crippen LogP contribution in [-0.2, 0) is 21.1 Å². The van der Waals surface area contributed by atoms with Crippen molar-refractivity contribution in [1.82, 2.24) is 0 Å². The average molecular weight is 296 g/mol. The molecule has 0 radical (unpaired) electrons. The Bertz CT molecular complexity index is 574. The summed E-state index contributed by atoms with van der Waals surface area (Å²) in [5.41, 5.74) is 1.07. The monoisotopic (exact) mass is 296 g/mol. The van der Waals surface area contributed by atoms with Crippen LogP contribution in [0.1, 0.15) is 31.7 Å². The van der Waals surface area contributed by atoms with E-state index in [4.69, 9.17) is 5.11 Å². The van der Waals surface area contributed by atoms with Crippen molar-refractivity contribution >= 4 is 15.8 Å². The molecule has 1 aliphatic rings. The number of hydrogen-bond donors (Lipinski definition) is 1. The molecule has 0 aliphatic heterocycles. The van der Waals surface area contributed by atoms with Gasteiger partial charge < -0.3 is 5.11 Å². The van der Waals surface area contributed by atoms with Crippen LogP contribution < -0.4 is 0 Å². The molecule has 0 spiro atoms. The van der Waals surface area contributed by atoms with E-state index in [2.05, 4.69) is 0 Å². The lowest BCUT2D eigenvalue weighted by Gasteiger charge is -2.05. The maximum Gasteiger partial charge on any atom is 0.306 e. The molecule has 0 bridgehead atoms. The summed E-state index contributed by atoms with van der Waals surface area (Å²) in [6.07, 6.45) is 3.06. The molecule has 1 aromatic rings. The second-order valence-corrected chi connectivity index (χ2v) is 7.55. The third-order valence-electron chi connectivity index (χ3n) is 3.80. The van der Waals surface area contributed by atoms with Crippen molar-refractivity contribution in [3.05, 3.63) is 29.8 Å². The van der Waals surface area contributed by atoms with Gasteiger partial charge in [-0.3, -0.25) is 4.79 Å². The fourth-order valence-corrected chi connectivity index (χ4v) is 3.80. The zero-order valence-electron chi connectivity index (χ0n) is 11.6. The molecule has 0 saturated heterocycles. The topological polar surface area (TPSA) is 71.4 Å². The van der Waals surface area contributed by atoms with Gasteiger partial charge in [0.05, 0.1) is 16.6 Å². The molecular formula is C15H20O4S. The number of hydrogen-bond acceptors (Lipinski definition) is 3. The van der Waals surface area contributed by atoms with Crippen molar-refractivity contribution in [2.24, 2.45) is 11.8 Å². The lowest BCUT2D eigenvalue weighted by molar-refractivity contribution is -0.138. The standard InChI is InChI=1S/C15H20O4S/c1-2-9-20(18,19)13-7-4-11(5-8-13)3-6-12-10-14(12)15(16)17/h4-5,7-8,12,14H,2-3,6,9-10H2,1H3,(H,16,17). The largest absolute Gasteiger partial charge is 0.481 e. The molecule has 0 aromatic heterocycles. The second-order valence-electron chi connectivity index (χ2n) is 5.44. The normalized spacial score (nSPS) is 21.6. The van der Waals surface area contributed by atoms with E-state index in [1.54, 1.807) is 12.1 Å². The molecule has 1 aromatic carbocycles. The highest BCUT2D eigenvalue weighted by molar-refractivity contribution is 7.91. The van der Waals surface area contributed by atoms with E-state index in [0.717, 1.165) is 24.8 Å². The molecule has 110 valence electrons. The van der Waals surface area contributed by atoms with Gasteiger partial charge in [0.1, 0.15) is 0 Å². The number of carboxylic acids is 1. The van der Waals surface area contributed by atoms with Crippen LogP contribution in [0.25, 0.3) is 0 Å². The van der Waals surface area contributed by atoms with Gasteiger partial charge >= 0.3 is 5.97 Å². The van der Waals surface area contributed by atoms with Gasteiger partial charge in [0.15, 0.2) is 9.84 Å². The van der Waals surface area contributed by atoms with E-state index in [9.17, 15) is 13.2 Å². The zero-order valence-corrected chi connectivity index (χ0v) is 12.4. The highest BCUT2D eigenvalue weighted by Crippen LogP contribution is 2.42. The van der Waals surface area contributed by atoms with Gasteiger partial charge in [-0.2, -0.15) is 0 Å². The Morgan fingerprint density at radius 2 is 1.95 bits per heavy atom. The number of sulfone groups is 1. The Kier molecular flexibility index (Phi) is 4.48. The number of rotatable bonds is 7. The van der Waals surface area contributed by atoms with E-state index < -0.39 is 15.8 Å². The van der Waals surface area contributed by atoms with Gasteiger partial charge in [0, 0.05) is 0 Å². The molecule has 1 N–H and O–H groups in total. The van der Waals surface area contributed by atoms with Crippen molar-refractivity contribution in [2.75, 3.05) is 5.75 Å². The first-order chi connectivity index (χ1) is 9.44. The SMILES string of the molecule is CCCS(=O)(=O)c1ccc(CCC2CC2C(=O)O)cc1. The van der Waals surface area contributed by atoms with E-state index in [1.165, 1.54) is 0 Å². The fourth-order valence-electron chi connectivity index (χ4n) is 2.47. The van der Waals surface area contributed by atoms with Crippen LogP contribution in [0.2, 0.25) is 0 Å². The Hall–Kier alpha value is -1.36. The summed E-state index contributed by atoms with van der Waals surface area (Å²) in [7, 11) is -3.14. The van der Waals surface area contributed by atoms with Crippen molar-refractivity contribution in [1.29, 1.82) is 0 Å². The van der Waals surface area contributed by atoms with Crippen LogP contribution in [0, 0.1) is 11.8 Å². The number of aryl methyl sites for hydroxylation is 1. The Morgan fingerprint density at radius 3 is 2.45 bits per heavy atom. The molecule has 2 atom stereocenters. The first kappa shape index (κ1) is 15.0. The van der Waals surface area contributed by atoms with E-state index in [-0.39, 0.29) is 17.6 Å². The summed E-state index contributed by atoms with van der Waals surface area (Å²) < 4.78 is 23.7. The van der Waals surface area contributed by atoms with Crippen molar-refractivity contribution in [3.63, 3.8) is 0 Å². The van der Waals surface area contributed by atoms with Crippen molar-refractivity contribution < 1.29 is 18.3 Å². The third kappa shape index (κ3) is 3.60. The fraction of sp³-hybridized carbons (Fsp3) is 0.533. The van der Waals surface area contributed by atoms with Crippen molar-refractivity contribution in [2.45, 2.75) is 37.5 Å². The molecule has 5 heteroatoms. The molecule has 1 fully saturated rings. The number of carbonyl (C=O) groups is 1.